The predicted molar refractivity (Wildman–Crippen MR) is 98.0 cm³/mol. The first-order valence-electron chi connectivity index (χ1n) is 9.89. The van der Waals surface area contributed by atoms with Gasteiger partial charge in [-0.25, -0.2) is 0 Å². The smallest absolute Gasteiger partial charge is 0.0155 e. The van der Waals surface area contributed by atoms with Crippen LogP contribution in [0.15, 0.2) is 0 Å². The lowest BCUT2D eigenvalue weighted by atomic mass is 9.86. The van der Waals surface area contributed by atoms with Crippen LogP contribution in [0.25, 0.3) is 0 Å². The van der Waals surface area contributed by atoms with Crippen molar-refractivity contribution in [2.45, 2.75) is 130 Å². The number of hydrogen-bond donors (Lipinski definition) is 1. The van der Waals surface area contributed by atoms with Crippen LogP contribution in [-0.4, -0.2) is 11.6 Å². The number of hydrogen-bond acceptors (Lipinski definition) is 1. The van der Waals surface area contributed by atoms with Crippen molar-refractivity contribution in [2.24, 2.45) is 0 Å². The summed E-state index contributed by atoms with van der Waals surface area (Å²) in [7, 11) is 0. The summed E-state index contributed by atoms with van der Waals surface area (Å²) in [4.78, 5) is 0. The van der Waals surface area contributed by atoms with Gasteiger partial charge in [0.25, 0.3) is 0 Å². The molecule has 21 heavy (non-hydrogen) atoms. The molecule has 0 aromatic carbocycles. The molecular weight excluding hydrogens is 254 g/mol. The SMILES string of the molecule is CCCCCCCC(C)(CCCCCC)NC(CC)CC. The molecule has 128 valence electrons. The molecule has 0 amide bonds. The number of nitrogens with one attached hydrogen (secondary N) is 1. The Morgan fingerprint density at radius 3 is 1.52 bits per heavy atom. The average Bonchev–Trinajstić information content (AvgIpc) is 2.49. The Morgan fingerprint density at radius 1 is 0.667 bits per heavy atom. The zero-order valence-corrected chi connectivity index (χ0v) is 15.8. The van der Waals surface area contributed by atoms with Crippen LogP contribution in [0.2, 0.25) is 0 Å². The second-order valence-electron chi connectivity index (χ2n) is 7.19. The zero-order valence-electron chi connectivity index (χ0n) is 15.8. The van der Waals surface area contributed by atoms with Crippen molar-refractivity contribution in [2.75, 3.05) is 0 Å². The topological polar surface area (TPSA) is 12.0 Å². The van der Waals surface area contributed by atoms with E-state index in [1.807, 2.05) is 0 Å². The van der Waals surface area contributed by atoms with Gasteiger partial charge in [0.15, 0.2) is 0 Å². The van der Waals surface area contributed by atoms with Gasteiger partial charge in [0.05, 0.1) is 0 Å². The van der Waals surface area contributed by atoms with Crippen LogP contribution < -0.4 is 5.32 Å². The van der Waals surface area contributed by atoms with E-state index in [4.69, 9.17) is 0 Å². The highest BCUT2D eigenvalue weighted by Crippen LogP contribution is 2.24. The average molecular weight is 298 g/mol. The van der Waals surface area contributed by atoms with Crippen molar-refractivity contribution in [3.8, 4) is 0 Å². The van der Waals surface area contributed by atoms with Gasteiger partial charge in [-0.15, -0.1) is 0 Å². The molecule has 0 bridgehead atoms. The minimum Gasteiger partial charge on any atom is -0.309 e. The molecule has 0 heterocycles. The van der Waals surface area contributed by atoms with Crippen molar-refractivity contribution in [1.29, 1.82) is 0 Å². The molecule has 0 saturated heterocycles. The third-order valence-corrected chi connectivity index (χ3v) is 4.95. The molecule has 1 nitrogen and oxygen atoms in total. The van der Waals surface area contributed by atoms with Gasteiger partial charge in [-0.05, 0) is 32.6 Å². The van der Waals surface area contributed by atoms with Gasteiger partial charge in [-0.3, -0.25) is 0 Å². The van der Waals surface area contributed by atoms with Crippen molar-refractivity contribution in [3.63, 3.8) is 0 Å². The van der Waals surface area contributed by atoms with Crippen LogP contribution in [-0.2, 0) is 0 Å². The van der Waals surface area contributed by atoms with E-state index in [0.717, 1.165) is 0 Å². The lowest BCUT2D eigenvalue weighted by Gasteiger charge is -2.35. The van der Waals surface area contributed by atoms with Crippen LogP contribution in [0.1, 0.15) is 118 Å². The first-order valence-corrected chi connectivity index (χ1v) is 9.89. The minimum atomic E-state index is 0.372. The Labute approximate surface area is 135 Å². The Balaban J connectivity index is 4.22. The van der Waals surface area contributed by atoms with Crippen LogP contribution >= 0.6 is 0 Å². The number of unbranched alkanes of at least 4 members (excludes halogenated alkanes) is 7. The third-order valence-electron chi connectivity index (χ3n) is 4.95. The van der Waals surface area contributed by atoms with Gasteiger partial charge in [0.1, 0.15) is 0 Å². The maximum atomic E-state index is 4.00. The summed E-state index contributed by atoms with van der Waals surface area (Å²) in [6.45, 7) is 11.7. The molecule has 0 fully saturated rings. The van der Waals surface area contributed by atoms with Crippen molar-refractivity contribution < 1.29 is 0 Å². The lowest BCUT2D eigenvalue weighted by Crippen LogP contribution is -2.47. The van der Waals surface area contributed by atoms with E-state index in [-0.39, 0.29) is 0 Å². The minimum absolute atomic E-state index is 0.372. The molecule has 0 aliphatic rings. The summed E-state index contributed by atoms with van der Waals surface area (Å²) < 4.78 is 0. The molecule has 1 unspecified atom stereocenters. The molecule has 1 atom stereocenters. The summed E-state index contributed by atoms with van der Waals surface area (Å²) in [5, 5.41) is 4.00. The normalized spacial score (nSPS) is 14.6. The standard InChI is InChI=1S/C20H43N/c1-6-10-12-14-16-18-20(5,17-15-13-11-7-2)21-19(8-3)9-4/h19,21H,6-18H2,1-5H3. The molecule has 0 spiro atoms. The lowest BCUT2D eigenvalue weighted by molar-refractivity contribution is 0.248. The van der Waals surface area contributed by atoms with Crippen molar-refractivity contribution in [1.82, 2.24) is 5.32 Å². The van der Waals surface area contributed by atoms with E-state index in [0.29, 0.717) is 11.6 Å². The zero-order chi connectivity index (χ0) is 16.0. The van der Waals surface area contributed by atoms with E-state index in [9.17, 15) is 0 Å². The van der Waals surface area contributed by atoms with Gasteiger partial charge >= 0.3 is 0 Å². The summed E-state index contributed by atoms with van der Waals surface area (Å²) in [5.74, 6) is 0. The van der Waals surface area contributed by atoms with Gasteiger partial charge in [-0.2, -0.15) is 0 Å². The molecule has 0 radical (unpaired) electrons. The van der Waals surface area contributed by atoms with Gasteiger partial charge in [0, 0.05) is 11.6 Å². The molecule has 0 aliphatic carbocycles. The van der Waals surface area contributed by atoms with E-state index in [1.54, 1.807) is 0 Å². The van der Waals surface area contributed by atoms with Crippen LogP contribution in [0.3, 0.4) is 0 Å². The van der Waals surface area contributed by atoms with E-state index in [2.05, 4.69) is 39.9 Å². The molecule has 0 rings (SSSR count). The molecular formula is C20H43N. The molecule has 1 N–H and O–H groups in total. The van der Waals surface area contributed by atoms with Crippen LogP contribution in [0.5, 0.6) is 0 Å². The summed E-state index contributed by atoms with van der Waals surface area (Å²) in [5.41, 5.74) is 0.372. The van der Waals surface area contributed by atoms with Gasteiger partial charge in [0.2, 0.25) is 0 Å². The van der Waals surface area contributed by atoms with Crippen molar-refractivity contribution >= 4 is 0 Å². The first kappa shape index (κ1) is 21.0. The molecule has 0 aliphatic heterocycles. The third kappa shape index (κ3) is 11.2. The van der Waals surface area contributed by atoms with E-state index < -0.39 is 0 Å². The van der Waals surface area contributed by atoms with E-state index in [1.165, 1.54) is 83.5 Å². The maximum Gasteiger partial charge on any atom is 0.0155 e. The fraction of sp³-hybridized carbons (Fsp3) is 1.00. The highest BCUT2D eigenvalue weighted by atomic mass is 15.0. The first-order chi connectivity index (χ1) is 10.1. The van der Waals surface area contributed by atoms with Gasteiger partial charge in [-0.1, -0.05) is 85.5 Å². The Hall–Kier alpha value is -0.0400. The second kappa shape index (κ2) is 13.6. The van der Waals surface area contributed by atoms with Crippen LogP contribution in [0, 0.1) is 0 Å². The summed E-state index contributed by atoms with van der Waals surface area (Å²) >= 11 is 0. The highest BCUT2D eigenvalue weighted by Gasteiger charge is 2.25. The highest BCUT2D eigenvalue weighted by molar-refractivity contribution is 4.86. The Kier molecular flexibility index (Phi) is 13.6. The maximum absolute atomic E-state index is 4.00. The predicted octanol–water partition coefficient (Wildman–Crippen LogP) is 6.85. The largest absolute Gasteiger partial charge is 0.309 e. The van der Waals surface area contributed by atoms with E-state index >= 15 is 0 Å². The fourth-order valence-corrected chi connectivity index (χ4v) is 3.32. The quantitative estimate of drug-likeness (QED) is 0.326. The molecule has 0 saturated carbocycles. The fourth-order valence-electron chi connectivity index (χ4n) is 3.32. The molecule has 0 aromatic rings. The second-order valence-corrected chi connectivity index (χ2v) is 7.19. The summed E-state index contributed by atoms with van der Waals surface area (Å²) in [6.07, 6.45) is 17.8. The van der Waals surface area contributed by atoms with Gasteiger partial charge < -0.3 is 5.32 Å². The monoisotopic (exact) mass is 297 g/mol. The summed E-state index contributed by atoms with van der Waals surface area (Å²) in [6, 6.07) is 0.705. The molecule has 0 aromatic heterocycles. The van der Waals surface area contributed by atoms with Crippen molar-refractivity contribution in [3.05, 3.63) is 0 Å². The van der Waals surface area contributed by atoms with Crippen LogP contribution in [0.4, 0.5) is 0 Å². The molecule has 1 heteroatoms. The number of rotatable bonds is 15. The Bertz CT molecular complexity index is 210. The Morgan fingerprint density at radius 2 is 1.10 bits per heavy atom.